The van der Waals surface area contributed by atoms with Crippen molar-refractivity contribution in [2.75, 3.05) is 6.54 Å². The summed E-state index contributed by atoms with van der Waals surface area (Å²) in [6.07, 6.45) is 3.39. The zero-order valence-electron chi connectivity index (χ0n) is 14.1. The summed E-state index contributed by atoms with van der Waals surface area (Å²) in [5.74, 6) is -0.644. The van der Waals surface area contributed by atoms with Crippen molar-refractivity contribution in [1.82, 2.24) is 15.5 Å². The molecule has 1 aliphatic carbocycles. The summed E-state index contributed by atoms with van der Waals surface area (Å²) in [5, 5.41) is 5.64. The highest BCUT2D eigenvalue weighted by atomic mass is 16.2. The summed E-state index contributed by atoms with van der Waals surface area (Å²) in [4.78, 5) is 37.7. The van der Waals surface area contributed by atoms with Crippen LogP contribution in [-0.2, 0) is 16.0 Å². The Labute approximate surface area is 141 Å². The lowest BCUT2D eigenvalue weighted by Crippen LogP contribution is -2.45. The number of imide groups is 1. The fourth-order valence-electron chi connectivity index (χ4n) is 3.42. The van der Waals surface area contributed by atoms with Crippen molar-refractivity contribution >= 4 is 17.8 Å². The molecule has 0 bridgehead atoms. The number of carbonyl (C=O) groups excluding carboxylic acids is 3. The Balaban J connectivity index is 1.67. The Kier molecular flexibility index (Phi) is 4.30. The summed E-state index contributed by atoms with van der Waals surface area (Å²) in [6.45, 7) is 3.28. The lowest BCUT2D eigenvalue weighted by molar-refractivity contribution is -0.134. The largest absolute Gasteiger partial charge is 0.348 e. The molecule has 2 N–H and O–H groups in total. The molecule has 0 unspecified atom stereocenters. The SMILES string of the molecule is CC[C@@]1(C)NC(=O)N(CC(=O)N[C@@H]2CCCc3ccccc32)C1=O. The van der Waals surface area contributed by atoms with E-state index in [0.29, 0.717) is 6.42 Å². The van der Waals surface area contributed by atoms with Gasteiger partial charge in [0.25, 0.3) is 5.91 Å². The van der Waals surface area contributed by atoms with Gasteiger partial charge in [-0.2, -0.15) is 0 Å². The third-order valence-electron chi connectivity index (χ3n) is 5.06. The minimum Gasteiger partial charge on any atom is -0.348 e. The highest BCUT2D eigenvalue weighted by Gasteiger charge is 2.47. The maximum Gasteiger partial charge on any atom is 0.325 e. The lowest BCUT2D eigenvalue weighted by atomic mass is 9.88. The van der Waals surface area contributed by atoms with Crippen molar-refractivity contribution in [1.29, 1.82) is 0 Å². The van der Waals surface area contributed by atoms with Crippen LogP contribution in [0.1, 0.15) is 50.3 Å². The van der Waals surface area contributed by atoms with Gasteiger partial charge in [0.2, 0.25) is 5.91 Å². The van der Waals surface area contributed by atoms with Crippen LogP contribution in [0.15, 0.2) is 24.3 Å². The molecule has 1 aromatic rings. The van der Waals surface area contributed by atoms with Gasteiger partial charge in [0, 0.05) is 0 Å². The Morgan fingerprint density at radius 1 is 1.38 bits per heavy atom. The molecule has 0 aromatic heterocycles. The number of nitrogens with zero attached hydrogens (tertiary/aromatic N) is 1. The minimum atomic E-state index is -0.908. The number of hydrogen-bond acceptors (Lipinski definition) is 3. The predicted octanol–water partition coefficient (Wildman–Crippen LogP) is 1.90. The van der Waals surface area contributed by atoms with Gasteiger partial charge in [-0.1, -0.05) is 31.2 Å². The molecule has 6 nitrogen and oxygen atoms in total. The van der Waals surface area contributed by atoms with Crippen molar-refractivity contribution in [2.45, 2.75) is 51.1 Å². The maximum atomic E-state index is 12.4. The Morgan fingerprint density at radius 2 is 2.12 bits per heavy atom. The molecule has 1 heterocycles. The van der Waals surface area contributed by atoms with Gasteiger partial charge >= 0.3 is 6.03 Å². The van der Waals surface area contributed by atoms with Crippen LogP contribution in [0.2, 0.25) is 0 Å². The highest BCUT2D eigenvalue weighted by molar-refractivity contribution is 6.08. The van der Waals surface area contributed by atoms with E-state index in [2.05, 4.69) is 16.7 Å². The van der Waals surface area contributed by atoms with Gasteiger partial charge in [-0.25, -0.2) is 4.79 Å². The number of benzene rings is 1. The van der Waals surface area contributed by atoms with Gasteiger partial charge in [0.1, 0.15) is 12.1 Å². The van der Waals surface area contributed by atoms with E-state index in [1.54, 1.807) is 6.92 Å². The molecule has 0 spiro atoms. The first-order chi connectivity index (χ1) is 11.4. The number of fused-ring (bicyclic) bond motifs is 1. The van der Waals surface area contributed by atoms with Crippen LogP contribution < -0.4 is 10.6 Å². The van der Waals surface area contributed by atoms with Gasteiger partial charge in [-0.15, -0.1) is 0 Å². The average molecular weight is 329 g/mol. The van der Waals surface area contributed by atoms with Crippen LogP contribution in [0.3, 0.4) is 0 Å². The average Bonchev–Trinajstić information content (AvgIpc) is 2.79. The minimum absolute atomic E-state index is 0.0548. The van der Waals surface area contributed by atoms with E-state index in [-0.39, 0.29) is 24.4 Å². The van der Waals surface area contributed by atoms with Crippen LogP contribution in [0.25, 0.3) is 0 Å². The van der Waals surface area contributed by atoms with E-state index in [0.717, 1.165) is 29.7 Å². The molecule has 0 saturated carbocycles. The number of amides is 4. The smallest absolute Gasteiger partial charge is 0.325 e. The van der Waals surface area contributed by atoms with Crippen LogP contribution >= 0.6 is 0 Å². The molecule has 2 aliphatic rings. The van der Waals surface area contributed by atoms with Crippen molar-refractivity contribution in [3.05, 3.63) is 35.4 Å². The molecule has 128 valence electrons. The Morgan fingerprint density at radius 3 is 2.83 bits per heavy atom. The second-order valence-electron chi connectivity index (χ2n) is 6.72. The standard InChI is InChI=1S/C18H23N3O3/c1-3-18(2)16(23)21(17(24)20-18)11-15(22)19-14-10-6-8-12-7-4-5-9-13(12)14/h4-5,7,9,14H,3,6,8,10-11H2,1-2H3,(H,19,22)(H,20,24)/t14-,18-/m1/s1. The van der Waals surface area contributed by atoms with Crippen molar-refractivity contribution in [2.24, 2.45) is 0 Å². The summed E-state index contributed by atoms with van der Waals surface area (Å²) in [5.41, 5.74) is 1.48. The van der Waals surface area contributed by atoms with Crippen molar-refractivity contribution in [3.63, 3.8) is 0 Å². The van der Waals surface area contributed by atoms with E-state index in [1.165, 1.54) is 5.56 Å². The molecule has 2 atom stereocenters. The molecule has 1 fully saturated rings. The first kappa shape index (κ1) is 16.5. The number of rotatable bonds is 4. The van der Waals surface area contributed by atoms with Crippen LogP contribution in [0, 0.1) is 0 Å². The molecular weight excluding hydrogens is 306 g/mol. The summed E-state index contributed by atoms with van der Waals surface area (Å²) in [7, 11) is 0. The summed E-state index contributed by atoms with van der Waals surface area (Å²) < 4.78 is 0. The molecule has 6 heteroatoms. The molecule has 1 aliphatic heterocycles. The predicted molar refractivity (Wildman–Crippen MR) is 89.2 cm³/mol. The second kappa shape index (κ2) is 6.26. The van der Waals surface area contributed by atoms with Crippen LogP contribution in [-0.4, -0.2) is 34.8 Å². The van der Waals surface area contributed by atoms with Crippen molar-refractivity contribution in [3.8, 4) is 0 Å². The monoisotopic (exact) mass is 329 g/mol. The fourth-order valence-corrected chi connectivity index (χ4v) is 3.42. The first-order valence-electron chi connectivity index (χ1n) is 8.46. The number of aryl methyl sites for hydroxylation is 1. The van der Waals surface area contributed by atoms with Gasteiger partial charge in [-0.05, 0) is 43.7 Å². The van der Waals surface area contributed by atoms with E-state index >= 15 is 0 Å². The molecular formula is C18H23N3O3. The molecule has 24 heavy (non-hydrogen) atoms. The number of nitrogens with one attached hydrogen (secondary N) is 2. The van der Waals surface area contributed by atoms with Gasteiger partial charge in [0.15, 0.2) is 0 Å². The zero-order valence-corrected chi connectivity index (χ0v) is 14.1. The molecule has 1 saturated heterocycles. The quantitative estimate of drug-likeness (QED) is 0.828. The van der Waals surface area contributed by atoms with Crippen LogP contribution in [0.5, 0.6) is 0 Å². The van der Waals surface area contributed by atoms with E-state index in [4.69, 9.17) is 0 Å². The molecule has 4 amide bonds. The van der Waals surface area contributed by atoms with E-state index in [9.17, 15) is 14.4 Å². The van der Waals surface area contributed by atoms with Crippen LogP contribution in [0.4, 0.5) is 4.79 Å². The molecule has 3 rings (SSSR count). The fraction of sp³-hybridized carbons (Fsp3) is 0.500. The highest BCUT2D eigenvalue weighted by Crippen LogP contribution is 2.29. The maximum absolute atomic E-state index is 12.4. The first-order valence-corrected chi connectivity index (χ1v) is 8.46. The number of hydrogen-bond donors (Lipinski definition) is 2. The van der Waals surface area contributed by atoms with E-state index < -0.39 is 11.6 Å². The summed E-state index contributed by atoms with van der Waals surface area (Å²) >= 11 is 0. The van der Waals surface area contributed by atoms with Gasteiger partial charge in [-0.3, -0.25) is 14.5 Å². The third kappa shape index (κ3) is 2.88. The lowest BCUT2D eigenvalue weighted by Gasteiger charge is -2.27. The third-order valence-corrected chi connectivity index (χ3v) is 5.06. The van der Waals surface area contributed by atoms with Gasteiger partial charge < -0.3 is 10.6 Å². The number of urea groups is 1. The normalized spacial score (nSPS) is 26.1. The van der Waals surface area contributed by atoms with Gasteiger partial charge in [0.05, 0.1) is 6.04 Å². The van der Waals surface area contributed by atoms with E-state index in [1.807, 2.05) is 25.1 Å². The van der Waals surface area contributed by atoms with Crippen molar-refractivity contribution < 1.29 is 14.4 Å². The molecule has 0 radical (unpaired) electrons. The Bertz CT molecular complexity index is 688. The second-order valence-corrected chi connectivity index (χ2v) is 6.72. The zero-order chi connectivity index (χ0) is 17.3. The molecule has 1 aromatic carbocycles. The topological polar surface area (TPSA) is 78.5 Å². The summed E-state index contributed by atoms with van der Waals surface area (Å²) in [6, 6.07) is 7.53. The number of carbonyl (C=O) groups is 3. The Hall–Kier alpha value is -2.37.